The van der Waals surface area contributed by atoms with Crippen molar-refractivity contribution in [1.29, 1.82) is 0 Å². The highest BCUT2D eigenvalue weighted by Crippen LogP contribution is 2.35. The van der Waals surface area contributed by atoms with Gasteiger partial charge in [-0.25, -0.2) is 0 Å². The van der Waals surface area contributed by atoms with Crippen LogP contribution in [0, 0.1) is 13.8 Å². The number of anilines is 2. The molecule has 35 heavy (non-hydrogen) atoms. The van der Waals surface area contributed by atoms with Crippen LogP contribution in [0.4, 0.5) is 11.4 Å². The zero-order valence-corrected chi connectivity index (χ0v) is 20.4. The van der Waals surface area contributed by atoms with Crippen LogP contribution in [0.5, 0.6) is 11.5 Å². The van der Waals surface area contributed by atoms with E-state index in [4.69, 9.17) is 9.47 Å². The third-order valence-corrected chi connectivity index (χ3v) is 6.01. The summed E-state index contributed by atoms with van der Waals surface area (Å²) >= 11 is 0. The first-order chi connectivity index (χ1) is 17.0. The molecule has 0 bridgehead atoms. The molecule has 3 aromatic carbocycles. The molecule has 0 fully saturated rings. The largest absolute Gasteiger partial charge is 0.494 e. The van der Waals surface area contributed by atoms with Crippen LogP contribution in [-0.4, -0.2) is 31.6 Å². The molecule has 182 valence electrons. The number of hydrogen-bond donors (Lipinski definition) is 1. The van der Waals surface area contributed by atoms with E-state index in [1.165, 1.54) is 11.1 Å². The Bertz CT molecular complexity index is 1160. The summed E-state index contributed by atoms with van der Waals surface area (Å²) in [5.41, 5.74) is 4.88. The summed E-state index contributed by atoms with van der Waals surface area (Å²) in [7, 11) is 0. The zero-order valence-electron chi connectivity index (χ0n) is 20.4. The maximum Gasteiger partial charge on any atom is 0.265 e. The molecule has 0 saturated carbocycles. The Hall–Kier alpha value is -3.80. The normalized spacial score (nSPS) is 12.6. The number of fused-ring (bicyclic) bond motifs is 1. The lowest BCUT2D eigenvalue weighted by molar-refractivity contribution is -0.121. The van der Waals surface area contributed by atoms with E-state index < -0.39 is 0 Å². The van der Waals surface area contributed by atoms with Gasteiger partial charge in [-0.2, -0.15) is 0 Å². The van der Waals surface area contributed by atoms with E-state index in [9.17, 15) is 9.59 Å². The second kappa shape index (κ2) is 11.6. The lowest BCUT2D eigenvalue weighted by atomic mass is 10.1. The van der Waals surface area contributed by atoms with Gasteiger partial charge in [0.2, 0.25) is 5.91 Å². The number of carbonyl (C=O) groups is 2. The molecule has 3 aromatic rings. The number of amides is 2. The van der Waals surface area contributed by atoms with Crippen molar-refractivity contribution in [2.75, 3.05) is 30.0 Å². The van der Waals surface area contributed by atoms with Crippen LogP contribution in [0.1, 0.15) is 36.0 Å². The van der Waals surface area contributed by atoms with Gasteiger partial charge < -0.3 is 19.7 Å². The zero-order chi connectivity index (χ0) is 24.6. The summed E-state index contributed by atoms with van der Waals surface area (Å²) < 4.78 is 11.4. The van der Waals surface area contributed by atoms with Gasteiger partial charge >= 0.3 is 0 Å². The van der Waals surface area contributed by atoms with Crippen LogP contribution < -0.4 is 19.7 Å². The predicted octanol–water partition coefficient (Wildman–Crippen LogP) is 5.46. The Kier molecular flexibility index (Phi) is 8.03. The average molecular weight is 473 g/mol. The van der Waals surface area contributed by atoms with Gasteiger partial charge in [0.1, 0.15) is 11.5 Å². The van der Waals surface area contributed by atoms with Crippen molar-refractivity contribution in [3.05, 3.63) is 83.4 Å². The average Bonchev–Trinajstić information content (AvgIpc) is 2.86. The summed E-state index contributed by atoms with van der Waals surface area (Å²) in [4.78, 5) is 26.8. The highest BCUT2D eigenvalue weighted by atomic mass is 16.5. The van der Waals surface area contributed by atoms with Crippen LogP contribution in [0.3, 0.4) is 0 Å². The highest BCUT2D eigenvalue weighted by Gasteiger charge is 2.25. The molecule has 4 rings (SSSR count). The molecule has 1 aliphatic heterocycles. The minimum absolute atomic E-state index is 0.0229. The molecule has 6 nitrogen and oxygen atoms in total. The molecule has 0 atom stereocenters. The van der Waals surface area contributed by atoms with E-state index in [0.717, 1.165) is 24.2 Å². The van der Waals surface area contributed by atoms with Crippen LogP contribution in [0.15, 0.2) is 66.7 Å². The van der Waals surface area contributed by atoms with Gasteiger partial charge in [-0.05, 0) is 69.0 Å². The third-order valence-electron chi connectivity index (χ3n) is 6.01. The van der Waals surface area contributed by atoms with Gasteiger partial charge in [-0.15, -0.1) is 0 Å². The number of unbranched alkanes of at least 4 members (excludes halogenated alkanes) is 1. The van der Waals surface area contributed by atoms with Crippen molar-refractivity contribution in [2.24, 2.45) is 0 Å². The summed E-state index contributed by atoms with van der Waals surface area (Å²) in [5, 5.41) is 2.96. The fourth-order valence-corrected chi connectivity index (χ4v) is 3.96. The number of rotatable bonds is 10. The standard InChI is InChI=1S/C29H32N2O4/c1-21-5-9-23(10-6-21)11-16-28(32)30-24-12-15-27-26(19-24)31(29(33)20-35-27)17-3-4-18-34-25-13-7-22(2)8-14-25/h5-10,12-15,19H,3-4,11,16-18,20H2,1-2H3,(H,30,32). The van der Waals surface area contributed by atoms with Crippen LogP contribution in [0.25, 0.3) is 0 Å². The monoisotopic (exact) mass is 472 g/mol. The SMILES string of the molecule is Cc1ccc(CCC(=O)Nc2ccc3c(c2)N(CCCCOc2ccc(C)cc2)C(=O)CO3)cc1. The molecule has 6 heteroatoms. The number of hydrogen-bond acceptors (Lipinski definition) is 4. The van der Waals surface area contributed by atoms with Gasteiger partial charge in [0.05, 0.1) is 12.3 Å². The van der Waals surface area contributed by atoms with E-state index in [2.05, 4.69) is 17.4 Å². The topological polar surface area (TPSA) is 67.9 Å². The van der Waals surface area contributed by atoms with Gasteiger partial charge in [0.15, 0.2) is 6.61 Å². The van der Waals surface area contributed by atoms with Crippen molar-refractivity contribution in [1.82, 2.24) is 0 Å². The molecule has 1 heterocycles. The quantitative estimate of drug-likeness (QED) is 0.398. The minimum Gasteiger partial charge on any atom is -0.494 e. The molecular weight excluding hydrogens is 440 g/mol. The Morgan fingerprint density at radius 3 is 2.43 bits per heavy atom. The molecule has 1 N–H and O–H groups in total. The second-order valence-electron chi connectivity index (χ2n) is 8.92. The van der Waals surface area contributed by atoms with Gasteiger partial charge in [-0.1, -0.05) is 47.5 Å². The first kappa shape index (κ1) is 24.3. The number of nitrogens with zero attached hydrogens (tertiary/aromatic N) is 1. The first-order valence-electron chi connectivity index (χ1n) is 12.1. The first-order valence-corrected chi connectivity index (χ1v) is 12.1. The van der Waals surface area contributed by atoms with E-state index >= 15 is 0 Å². The van der Waals surface area contributed by atoms with Crippen LogP contribution in [0.2, 0.25) is 0 Å². The Balaban J connectivity index is 1.30. The Morgan fingerprint density at radius 1 is 0.971 bits per heavy atom. The van der Waals surface area contributed by atoms with Crippen molar-refractivity contribution >= 4 is 23.2 Å². The van der Waals surface area contributed by atoms with Crippen LogP contribution in [-0.2, 0) is 16.0 Å². The number of benzene rings is 3. The number of ether oxygens (including phenoxy) is 2. The Labute approximate surface area is 206 Å². The second-order valence-corrected chi connectivity index (χ2v) is 8.92. The lowest BCUT2D eigenvalue weighted by Gasteiger charge is -2.30. The van der Waals surface area contributed by atoms with Gasteiger partial charge in [0, 0.05) is 18.7 Å². The fraction of sp³-hybridized carbons (Fsp3) is 0.310. The summed E-state index contributed by atoms with van der Waals surface area (Å²) in [6, 6.07) is 21.6. The number of aryl methyl sites for hydroxylation is 3. The third kappa shape index (κ3) is 6.85. The highest BCUT2D eigenvalue weighted by molar-refractivity contribution is 5.99. The van der Waals surface area contributed by atoms with E-state index in [1.54, 1.807) is 4.90 Å². The van der Waals surface area contributed by atoms with E-state index in [1.807, 2.05) is 68.4 Å². The molecule has 0 saturated heterocycles. The predicted molar refractivity (Wildman–Crippen MR) is 138 cm³/mol. The molecule has 1 aliphatic rings. The fourth-order valence-electron chi connectivity index (χ4n) is 3.96. The maximum atomic E-state index is 12.6. The molecule has 0 aromatic heterocycles. The van der Waals surface area contributed by atoms with Gasteiger partial charge in [-0.3, -0.25) is 9.59 Å². The molecule has 0 radical (unpaired) electrons. The Morgan fingerprint density at radius 2 is 1.69 bits per heavy atom. The molecule has 0 aliphatic carbocycles. The minimum atomic E-state index is -0.0835. The lowest BCUT2D eigenvalue weighted by Crippen LogP contribution is -2.39. The summed E-state index contributed by atoms with van der Waals surface area (Å²) in [6.45, 7) is 5.27. The molecule has 0 unspecified atom stereocenters. The molecule has 2 amide bonds. The maximum absolute atomic E-state index is 12.6. The smallest absolute Gasteiger partial charge is 0.265 e. The van der Waals surface area contributed by atoms with Crippen molar-refractivity contribution in [2.45, 2.75) is 39.5 Å². The molecular formula is C29H32N2O4. The molecule has 0 spiro atoms. The van der Waals surface area contributed by atoms with E-state index in [0.29, 0.717) is 43.1 Å². The number of carbonyl (C=O) groups excluding carboxylic acids is 2. The van der Waals surface area contributed by atoms with Crippen molar-refractivity contribution in [3.63, 3.8) is 0 Å². The summed E-state index contributed by atoms with van der Waals surface area (Å²) in [6.07, 6.45) is 2.68. The number of nitrogens with one attached hydrogen (secondary N) is 1. The summed E-state index contributed by atoms with van der Waals surface area (Å²) in [5.74, 6) is 1.36. The van der Waals surface area contributed by atoms with Crippen molar-refractivity contribution in [3.8, 4) is 11.5 Å². The van der Waals surface area contributed by atoms with Crippen molar-refractivity contribution < 1.29 is 19.1 Å². The van der Waals surface area contributed by atoms with E-state index in [-0.39, 0.29) is 18.4 Å². The van der Waals surface area contributed by atoms with Crippen LogP contribution >= 0.6 is 0 Å². The van der Waals surface area contributed by atoms with Gasteiger partial charge in [0.25, 0.3) is 5.91 Å².